The molecule has 0 saturated heterocycles. The molecule has 0 unspecified atom stereocenters. The van der Waals surface area contributed by atoms with Crippen molar-refractivity contribution in [2.75, 3.05) is 6.54 Å². The van der Waals surface area contributed by atoms with Crippen LogP contribution in [0.5, 0.6) is 0 Å². The van der Waals surface area contributed by atoms with E-state index in [0.29, 0.717) is 12.5 Å². The molecule has 0 aliphatic heterocycles. The minimum atomic E-state index is -4.25. The average Bonchev–Trinajstić information content (AvgIpc) is 2.32. The van der Waals surface area contributed by atoms with Crippen LogP contribution in [0.15, 0.2) is 36.4 Å². The highest BCUT2D eigenvalue weighted by atomic mass is 19.4. The van der Waals surface area contributed by atoms with Gasteiger partial charge in [0, 0.05) is 6.04 Å². The Bertz CT molecular complexity index is 391. The van der Waals surface area contributed by atoms with Gasteiger partial charge in [0.2, 0.25) is 0 Å². The molecule has 1 rings (SSSR count). The van der Waals surface area contributed by atoms with Gasteiger partial charge in [0.15, 0.2) is 0 Å². The molecule has 0 aliphatic rings. The number of hydrogen-bond donors (Lipinski definition) is 1. The van der Waals surface area contributed by atoms with Gasteiger partial charge in [-0.3, -0.25) is 0 Å². The van der Waals surface area contributed by atoms with Gasteiger partial charge < -0.3 is 5.32 Å². The van der Waals surface area contributed by atoms with Crippen molar-refractivity contribution in [3.8, 4) is 0 Å². The summed E-state index contributed by atoms with van der Waals surface area (Å²) in [5.41, 5.74) is 0.294. The first-order valence-electron chi connectivity index (χ1n) is 6.44. The van der Waals surface area contributed by atoms with Crippen molar-refractivity contribution >= 4 is 0 Å². The number of hydrogen-bond acceptors (Lipinski definition) is 1. The Labute approximate surface area is 112 Å². The van der Waals surface area contributed by atoms with Gasteiger partial charge in [-0.25, -0.2) is 0 Å². The van der Waals surface area contributed by atoms with Crippen LogP contribution in [0.4, 0.5) is 13.2 Å². The van der Waals surface area contributed by atoms with Crippen molar-refractivity contribution in [1.29, 1.82) is 0 Å². The highest BCUT2D eigenvalue weighted by molar-refractivity contribution is 5.25. The second-order valence-electron chi connectivity index (χ2n) is 4.77. The van der Waals surface area contributed by atoms with Crippen LogP contribution in [0.3, 0.4) is 0 Å². The third-order valence-electron chi connectivity index (χ3n) is 2.67. The lowest BCUT2D eigenvalue weighted by Crippen LogP contribution is -2.23. The maximum Gasteiger partial charge on any atom is 0.416 e. The van der Waals surface area contributed by atoms with Crippen molar-refractivity contribution in [3.63, 3.8) is 0 Å². The minimum Gasteiger partial charge on any atom is -0.314 e. The minimum absolute atomic E-state index is 0.475. The van der Waals surface area contributed by atoms with E-state index in [1.165, 1.54) is 12.1 Å². The first kappa shape index (κ1) is 15.8. The van der Waals surface area contributed by atoms with Gasteiger partial charge in [-0.2, -0.15) is 13.2 Å². The molecule has 1 aromatic carbocycles. The Morgan fingerprint density at radius 3 is 2.26 bits per heavy atom. The molecule has 0 bridgehead atoms. The molecule has 4 heteroatoms. The fourth-order valence-electron chi connectivity index (χ4n) is 1.62. The summed E-state index contributed by atoms with van der Waals surface area (Å²) in [6.07, 6.45) is 1.38. The van der Waals surface area contributed by atoms with Crippen molar-refractivity contribution in [1.82, 2.24) is 5.32 Å². The molecule has 19 heavy (non-hydrogen) atoms. The predicted molar refractivity (Wildman–Crippen MR) is 72.0 cm³/mol. The maximum atomic E-state index is 12.4. The Morgan fingerprint density at radius 2 is 1.74 bits per heavy atom. The summed E-state index contributed by atoms with van der Waals surface area (Å²) in [7, 11) is 0. The van der Waals surface area contributed by atoms with Crippen LogP contribution in [0.1, 0.15) is 31.4 Å². The van der Waals surface area contributed by atoms with E-state index in [0.717, 1.165) is 30.7 Å². The zero-order chi connectivity index (χ0) is 14.3. The van der Waals surface area contributed by atoms with Crippen LogP contribution >= 0.6 is 0 Å². The number of benzene rings is 1. The van der Waals surface area contributed by atoms with Crippen molar-refractivity contribution in [3.05, 3.63) is 47.5 Å². The van der Waals surface area contributed by atoms with E-state index in [-0.39, 0.29) is 0 Å². The normalized spacial score (nSPS) is 12.5. The zero-order valence-corrected chi connectivity index (χ0v) is 11.3. The first-order chi connectivity index (χ1) is 8.89. The molecule has 1 N–H and O–H groups in total. The number of nitrogens with one attached hydrogen (secondary N) is 1. The van der Waals surface area contributed by atoms with Crippen molar-refractivity contribution in [2.24, 2.45) is 0 Å². The highest BCUT2D eigenvalue weighted by Crippen LogP contribution is 2.29. The monoisotopic (exact) mass is 271 g/mol. The van der Waals surface area contributed by atoms with Gasteiger partial charge in [-0.15, -0.1) is 0 Å². The van der Waals surface area contributed by atoms with E-state index in [9.17, 15) is 13.2 Å². The van der Waals surface area contributed by atoms with E-state index in [1.807, 2.05) is 12.2 Å². The summed E-state index contributed by atoms with van der Waals surface area (Å²) in [5.74, 6) is 0. The second kappa shape index (κ2) is 7.34. The van der Waals surface area contributed by atoms with Gasteiger partial charge in [0.05, 0.1) is 5.56 Å². The smallest absolute Gasteiger partial charge is 0.314 e. The zero-order valence-electron chi connectivity index (χ0n) is 11.3. The summed E-state index contributed by atoms with van der Waals surface area (Å²) in [4.78, 5) is 0. The molecule has 0 spiro atoms. The fourth-order valence-corrected chi connectivity index (χ4v) is 1.62. The molecule has 1 nitrogen and oxygen atoms in total. The molecular formula is C15H20F3N. The highest BCUT2D eigenvalue weighted by Gasteiger charge is 2.29. The van der Waals surface area contributed by atoms with Crippen molar-refractivity contribution in [2.45, 2.75) is 38.9 Å². The van der Waals surface area contributed by atoms with Crippen LogP contribution in [0.2, 0.25) is 0 Å². The average molecular weight is 271 g/mol. The number of rotatable bonds is 6. The molecule has 0 radical (unpaired) electrons. The quantitative estimate of drug-likeness (QED) is 0.604. The van der Waals surface area contributed by atoms with Gasteiger partial charge in [-0.05, 0) is 37.1 Å². The van der Waals surface area contributed by atoms with Crippen LogP contribution in [-0.4, -0.2) is 12.6 Å². The lowest BCUT2D eigenvalue weighted by molar-refractivity contribution is -0.137. The SMILES string of the molecule is CC(C)NCCC=CCc1ccc(C(F)(F)F)cc1. The molecule has 0 atom stereocenters. The lowest BCUT2D eigenvalue weighted by Gasteiger charge is -2.06. The van der Waals surface area contributed by atoms with Crippen LogP contribution < -0.4 is 5.32 Å². The number of allylic oxidation sites excluding steroid dienone is 1. The molecule has 0 aliphatic carbocycles. The fraction of sp³-hybridized carbons (Fsp3) is 0.467. The van der Waals surface area contributed by atoms with Crippen LogP contribution in [0, 0.1) is 0 Å². The summed E-state index contributed by atoms with van der Waals surface area (Å²) in [6, 6.07) is 5.79. The van der Waals surface area contributed by atoms with Crippen LogP contribution in [-0.2, 0) is 12.6 Å². The molecule has 0 saturated carbocycles. The molecule has 0 fully saturated rings. The summed E-state index contributed by atoms with van der Waals surface area (Å²) < 4.78 is 37.1. The number of halogens is 3. The third-order valence-corrected chi connectivity index (χ3v) is 2.67. The van der Waals surface area contributed by atoms with Gasteiger partial charge in [-0.1, -0.05) is 38.1 Å². The van der Waals surface area contributed by atoms with Crippen molar-refractivity contribution < 1.29 is 13.2 Å². The number of alkyl halides is 3. The van der Waals surface area contributed by atoms with Crippen LogP contribution in [0.25, 0.3) is 0 Å². The summed E-state index contributed by atoms with van der Waals surface area (Å²) in [5, 5.41) is 3.29. The summed E-state index contributed by atoms with van der Waals surface area (Å²) in [6.45, 7) is 5.10. The molecule has 0 amide bonds. The molecule has 0 aromatic heterocycles. The van der Waals surface area contributed by atoms with E-state index in [2.05, 4.69) is 19.2 Å². The Morgan fingerprint density at radius 1 is 1.11 bits per heavy atom. The van der Waals surface area contributed by atoms with E-state index >= 15 is 0 Å². The maximum absolute atomic E-state index is 12.4. The van der Waals surface area contributed by atoms with E-state index in [4.69, 9.17) is 0 Å². The third kappa shape index (κ3) is 6.43. The molecule has 0 heterocycles. The molecule has 106 valence electrons. The first-order valence-corrected chi connectivity index (χ1v) is 6.44. The summed E-state index contributed by atoms with van der Waals surface area (Å²) >= 11 is 0. The Balaban J connectivity index is 2.36. The second-order valence-corrected chi connectivity index (χ2v) is 4.77. The van der Waals surface area contributed by atoms with Gasteiger partial charge in [0.25, 0.3) is 0 Å². The van der Waals surface area contributed by atoms with Gasteiger partial charge >= 0.3 is 6.18 Å². The lowest BCUT2D eigenvalue weighted by atomic mass is 10.1. The van der Waals surface area contributed by atoms with E-state index < -0.39 is 11.7 Å². The van der Waals surface area contributed by atoms with E-state index in [1.54, 1.807) is 0 Å². The Kier molecular flexibility index (Phi) is 6.09. The standard InChI is InChI=1S/C15H20F3N/c1-12(2)19-11-5-3-4-6-13-7-9-14(10-8-13)15(16,17)18/h3-4,7-10,12,19H,5-6,11H2,1-2H3. The topological polar surface area (TPSA) is 12.0 Å². The Hall–Kier alpha value is -1.29. The molecular weight excluding hydrogens is 251 g/mol. The molecule has 1 aromatic rings. The predicted octanol–water partition coefficient (Wildman–Crippen LogP) is 4.19. The largest absolute Gasteiger partial charge is 0.416 e. The van der Waals surface area contributed by atoms with Gasteiger partial charge in [0.1, 0.15) is 0 Å².